The van der Waals surface area contributed by atoms with E-state index in [-0.39, 0.29) is 23.5 Å². The second kappa shape index (κ2) is 5.27. The summed E-state index contributed by atoms with van der Waals surface area (Å²) in [5.41, 5.74) is 1.35. The number of carbonyl (C=O) groups excluding carboxylic acids is 1. The van der Waals surface area contributed by atoms with E-state index in [4.69, 9.17) is 0 Å². The fourth-order valence-electron chi connectivity index (χ4n) is 2.06. The van der Waals surface area contributed by atoms with Gasteiger partial charge in [-0.25, -0.2) is 13.4 Å². The van der Waals surface area contributed by atoms with Crippen LogP contribution in [0.2, 0.25) is 0 Å². The average molecular weight is 328 g/mol. The van der Waals surface area contributed by atoms with Crippen LogP contribution < -0.4 is 5.32 Å². The van der Waals surface area contributed by atoms with Crippen molar-refractivity contribution in [3.05, 3.63) is 27.9 Å². The Morgan fingerprint density at radius 3 is 2.90 bits per heavy atom. The van der Waals surface area contributed by atoms with Gasteiger partial charge in [0.15, 0.2) is 9.84 Å². The van der Waals surface area contributed by atoms with Crippen molar-refractivity contribution in [1.82, 2.24) is 10.3 Å². The second-order valence-electron chi connectivity index (χ2n) is 4.62. The van der Waals surface area contributed by atoms with Gasteiger partial charge in [0.05, 0.1) is 11.5 Å². The van der Waals surface area contributed by atoms with E-state index >= 15 is 0 Å². The van der Waals surface area contributed by atoms with E-state index in [0.717, 1.165) is 10.6 Å². The van der Waals surface area contributed by atoms with Crippen molar-refractivity contribution < 1.29 is 13.2 Å². The highest BCUT2D eigenvalue weighted by Crippen LogP contribution is 2.25. The van der Waals surface area contributed by atoms with E-state index in [1.165, 1.54) is 11.3 Å². The normalized spacial score (nSPS) is 20.9. The molecule has 1 unspecified atom stereocenters. The van der Waals surface area contributed by atoms with Gasteiger partial charge >= 0.3 is 0 Å². The highest BCUT2D eigenvalue weighted by atomic mass is 32.2. The molecule has 1 amide bonds. The van der Waals surface area contributed by atoms with Crippen LogP contribution >= 0.6 is 22.7 Å². The van der Waals surface area contributed by atoms with Crippen molar-refractivity contribution >= 4 is 38.4 Å². The Bertz CT molecular complexity index is 719. The van der Waals surface area contributed by atoms with Crippen molar-refractivity contribution in [2.75, 3.05) is 11.5 Å². The van der Waals surface area contributed by atoms with Gasteiger partial charge in [0.25, 0.3) is 5.91 Å². The van der Waals surface area contributed by atoms with Gasteiger partial charge in [0.1, 0.15) is 10.7 Å². The van der Waals surface area contributed by atoms with Gasteiger partial charge in [-0.3, -0.25) is 4.79 Å². The molecule has 1 aliphatic heterocycles. The molecular formula is C12H12N2O3S3. The third-order valence-corrected chi connectivity index (χ3v) is 6.42. The number of nitrogens with zero attached hydrogens (tertiary/aromatic N) is 1. The summed E-state index contributed by atoms with van der Waals surface area (Å²) in [7, 11) is -2.98. The van der Waals surface area contributed by atoms with Gasteiger partial charge in [-0.1, -0.05) is 0 Å². The average Bonchev–Trinajstić information content (AvgIpc) is 3.08. The first kappa shape index (κ1) is 13.7. The molecular weight excluding hydrogens is 316 g/mol. The summed E-state index contributed by atoms with van der Waals surface area (Å²) in [6.07, 6.45) is 0.482. The van der Waals surface area contributed by atoms with E-state index in [1.807, 2.05) is 16.8 Å². The van der Waals surface area contributed by atoms with Crippen LogP contribution in [0.3, 0.4) is 0 Å². The maximum absolute atomic E-state index is 12.0. The standard InChI is InChI=1S/C12H12N2O3S3/c15-11(13-9-2-4-20(16,17)7-9)10-6-19-12(14-10)8-1-3-18-5-8/h1,3,5-6,9H,2,4,7H2,(H,13,15). The monoisotopic (exact) mass is 328 g/mol. The lowest BCUT2D eigenvalue weighted by molar-refractivity contribution is 0.0937. The summed E-state index contributed by atoms with van der Waals surface area (Å²) in [6.45, 7) is 0. The van der Waals surface area contributed by atoms with E-state index < -0.39 is 9.84 Å². The smallest absolute Gasteiger partial charge is 0.271 e. The van der Waals surface area contributed by atoms with Crippen molar-refractivity contribution in [2.24, 2.45) is 0 Å². The topological polar surface area (TPSA) is 76.1 Å². The Morgan fingerprint density at radius 2 is 2.25 bits per heavy atom. The summed E-state index contributed by atoms with van der Waals surface area (Å²) in [5.74, 6) is -0.125. The molecule has 1 atom stereocenters. The molecule has 0 aromatic carbocycles. The molecule has 8 heteroatoms. The predicted octanol–water partition coefficient (Wildman–Crippen LogP) is 1.79. The minimum atomic E-state index is -2.98. The number of hydrogen-bond acceptors (Lipinski definition) is 6. The van der Waals surface area contributed by atoms with Crippen molar-refractivity contribution in [1.29, 1.82) is 0 Å². The lowest BCUT2D eigenvalue weighted by atomic mass is 10.2. The van der Waals surface area contributed by atoms with Crippen LogP contribution in [0.4, 0.5) is 0 Å². The Balaban J connectivity index is 1.69. The highest BCUT2D eigenvalue weighted by molar-refractivity contribution is 7.91. The molecule has 106 valence electrons. The number of amides is 1. The Kier molecular flexibility index (Phi) is 3.61. The van der Waals surface area contributed by atoms with Crippen LogP contribution in [-0.2, 0) is 9.84 Å². The zero-order chi connectivity index (χ0) is 14.2. The number of sulfone groups is 1. The quantitative estimate of drug-likeness (QED) is 0.932. The summed E-state index contributed by atoms with van der Waals surface area (Å²) >= 11 is 2.99. The molecule has 0 spiro atoms. The molecule has 2 aromatic rings. The second-order valence-corrected chi connectivity index (χ2v) is 8.49. The van der Waals surface area contributed by atoms with Gasteiger partial charge in [0.2, 0.25) is 0 Å². The number of aromatic nitrogens is 1. The highest BCUT2D eigenvalue weighted by Gasteiger charge is 2.29. The Hall–Kier alpha value is -1.25. The first-order chi connectivity index (χ1) is 9.53. The van der Waals surface area contributed by atoms with Crippen molar-refractivity contribution in [2.45, 2.75) is 12.5 Å². The molecule has 1 aliphatic rings. The molecule has 2 aromatic heterocycles. The SMILES string of the molecule is O=C(NC1CCS(=O)(=O)C1)c1csc(-c2ccsc2)n1. The largest absolute Gasteiger partial charge is 0.347 e. The Morgan fingerprint density at radius 1 is 1.40 bits per heavy atom. The summed E-state index contributed by atoms with van der Waals surface area (Å²) < 4.78 is 22.7. The first-order valence-electron chi connectivity index (χ1n) is 6.03. The zero-order valence-electron chi connectivity index (χ0n) is 10.4. The first-order valence-corrected chi connectivity index (χ1v) is 9.67. The van der Waals surface area contributed by atoms with Gasteiger partial charge in [-0.2, -0.15) is 11.3 Å². The Labute approximate surface area is 124 Å². The third kappa shape index (κ3) is 2.92. The van der Waals surface area contributed by atoms with E-state index in [9.17, 15) is 13.2 Å². The van der Waals surface area contributed by atoms with Crippen LogP contribution in [-0.4, -0.2) is 36.9 Å². The third-order valence-electron chi connectivity index (χ3n) is 3.07. The molecule has 1 fully saturated rings. The molecule has 3 rings (SSSR count). The molecule has 0 aliphatic carbocycles. The van der Waals surface area contributed by atoms with Crippen LogP contribution in [0.25, 0.3) is 10.6 Å². The number of hydrogen-bond donors (Lipinski definition) is 1. The lowest BCUT2D eigenvalue weighted by Crippen LogP contribution is -2.35. The minimum Gasteiger partial charge on any atom is -0.347 e. The maximum atomic E-state index is 12.0. The summed E-state index contributed by atoms with van der Waals surface area (Å²) in [4.78, 5) is 16.3. The number of rotatable bonds is 3. The van der Waals surface area contributed by atoms with Gasteiger partial charge in [0, 0.05) is 22.4 Å². The fraction of sp³-hybridized carbons (Fsp3) is 0.333. The van der Waals surface area contributed by atoms with E-state index in [0.29, 0.717) is 12.1 Å². The van der Waals surface area contributed by atoms with E-state index in [1.54, 1.807) is 16.7 Å². The molecule has 20 heavy (non-hydrogen) atoms. The summed E-state index contributed by atoms with van der Waals surface area (Å²) in [5, 5.41) is 9.17. The molecule has 0 bridgehead atoms. The van der Waals surface area contributed by atoms with Gasteiger partial charge in [-0.05, 0) is 17.9 Å². The maximum Gasteiger partial charge on any atom is 0.271 e. The van der Waals surface area contributed by atoms with Crippen molar-refractivity contribution in [3.63, 3.8) is 0 Å². The molecule has 0 saturated carbocycles. The predicted molar refractivity (Wildman–Crippen MR) is 80.0 cm³/mol. The molecule has 0 radical (unpaired) electrons. The fourth-order valence-corrected chi connectivity index (χ4v) is 5.25. The van der Waals surface area contributed by atoms with Crippen LogP contribution in [0.1, 0.15) is 16.9 Å². The lowest BCUT2D eigenvalue weighted by Gasteiger charge is -2.08. The number of thiophene rings is 1. The van der Waals surface area contributed by atoms with Crippen LogP contribution in [0.15, 0.2) is 22.2 Å². The minimum absolute atomic E-state index is 0.0280. The van der Waals surface area contributed by atoms with Crippen molar-refractivity contribution in [3.8, 4) is 10.6 Å². The van der Waals surface area contributed by atoms with Crippen LogP contribution in [0.5, 0.6) is 0 Å². The molecule has 5 nitrogen and oxygen atoms in total. The number of carbonyl (C=O) groups is 1. The zero-order valence-corrected chi connectivity index (χ0v) is 12.9. The number of thiazole rings is 1. The van der Waals surface area contributed by atoms with E-state index in [2.05, 4.69) is 10.3 Å². The number of nitrogens with one attached hydrogen (secondary N) is 1. The summed E-state index contributed by atoms with van der Waals surface area (Å²) in [6, 6.07) is 1.66. The van der Waals surface area contributed by atoms with Gasteiger partial charge in [-0.15, -0.1) is 11.3 Å². The molecule has 3 heterocycles. The van der Waals surface area contributed by atoms with Gasteiger partial charge < -0.3 is 5.32 Å². The molecule has 1 N–H and O–H groups in total. The molecule has 1 saturated heterocycles. The van der Waals surface area contributed by atoms with Crippen LogP contribution in [0, 0.1) is 0 Å².